The first-order valence-electron chi connectivity index (χ1n) is 9.81. The van der Waals surface area contributed by atoms with Crippen LogP contribution in [0.3, 0.4) is 0 Å². The van der Waals surface area contributed by atoms with Crippen molar-refractivity contribution < 1.29 is 9.36 Å². The Morgan fingerprint density at radius 1 is 1.03 bits per heavy atom. The monoisotopic (exact) mass is 465 g/mol. The largest absolute Gasteiger partial charge is 0.392 e. The number of thiophene rings is 1. The first kappa shape index (κ1) is 21.6. The molecule has 0 aliphatic heterocycles. The second-order valence-electron chi connectivity index (χ2n) is 7.39. The third-order valence-corrected chi connectivity index (χ3v) is 7.59. The normalized spacial score (nSPS) is 10.9. The fraction of sp³-hybridized carbons (Fsp3) is 0.120. The van der Waals surface area contributed by atoms with E-state index in [4.69, 9.17) is 17.3 Å². The molecule has 4 aromatic rings. The smallest absolute Gasteiger partial charge is 0.259 e. The van der Waals surface area contributed by atoms with Gasteiger partial charge in [-0.25, -0.2) is 0 Å². The van der Waals surface area contributed by atoms with E-state index >= 15 is 0 Å². The highest BCUT2D eigenvalue weighted by atomic mass is 35.5. The number of hydrogen-bond acceptors (Lipinski definition) is 4. The van der Waals surface area contributed by atoms with Crippen molar-refractivity contribution in [2.45, 2.75) is 23.8 Å². The van der Waals surface area contributed by atoms with Gasteiger partial charge in [-0.2, -0.15) is 4.57 Å². The Kier molecular flexibility index (Phi) is 6.46. The van der Waals surface area contributed by atoms with Crippen molar-refractivity contribution >= 4 is 46.2 Å². The van der Waals surface area contributed by atoms with Crippen molar-refractivity contribution in [2.75, 3.05) is 5.73 Å². The zero-order chi connectivity index (χ0) is 22.0. The predicted molar refractivity (Wildman–Crippen MR) is 131 cm³/mol. The van der Waals surface area contributed by atoms with Gasteiger partial charge in [0.05, 0.1) is 0 Å². The summed E-state index contributed by atoms with van der Waals surface area (Å²) in [5.41, 5.74) is 12.1. The number of ketones is 1. The van der Waals surface area contributed by atoms with Crippen LogP contribution in [0, 0.1) is 13.8 Å². The summed E-state index contributed by atoms with van der Waals surface area (Å²) >= 11 is 9.15. The number of nitrogen functional groups attached to an aromatic ring is 1. The molecule has 156 valence electrons. The molecule has 0 bridgehead atoms. The van der Waals surface area contributed by atoms with Gasteiger partial charge < -0.3 is 5.73 Å². The molecule has 4 rings (SSSR count). The van der Waals surface area contributed by atoms with Crippen LogP contribution < -0.4 is 10.3 Å². The van der Waals surface area contributed by atoms with E-state index in [0.29, 0.717) is 21.2 Å². The first-order chi connectivity index (χ1) is 14.9. The van der Waals surface area contributed by atoms with Crippen molar-refractivity contribution in [3.63, 3.8) is 0 Å². The van der Waals surface area contributed by atoms with Crippen molar-refractivity contribution in [2.24, 2.45) is 0 Å². The highest BCUT2D eigenvalue weighted by Gasteiger charge is 2.29. The Bertz CT molecular complexity index is 1210. The number of thioether (sulfide) groups is 1. The number of rotatable bonds is 6. The quantitative estimate of drug-likeness (QED) is 0.203. The van der Waals surface area contributed by atoms with Crippen molar-refractivity contribution in [3.8, 4) is 5.69 Å². The number of hydrogen-bond donors (Lipinski definition) is 1. The lowest BCUT2D eigenvalue weighted by molar-refractivity contribution is -0.597. The summed E-state index contributed by atoms with van der Waals surface area (Å²) in [6, 6.07) is 19.3. The molecular formula is C25H22ClN2OS2+. The van der Waals surface area contributed by atoms with Gasteiger partial charge in [-0.1, -0.05) is 41.9 Å². The van der Waals surface area contributed by atoms with Crippen LogP contribution in [0.15, 0.2) is 77.3 Å². The topological polar surface area (TPSA) is 47.0 Å². The molecule has 0 aliphatic rings. The van der Waals surface area contributed by atoms with Gasteiger partial charge in [-0.3, -0.25) is 4.79 Å². The number of nitrogens with two attached hydrogens (primary N) is 1. The average Bonchev–Trinajstić information content (AvgIpc) is 3.08. The van der Waals surface area contributed by atoms with Gasteiger partial charge in [-0.15, -0.1) is 23.1 Å². The molecule has 2 aromatic carbocycles. The summed E-state index contributed by atoms with van der Waals surface area (Å²) in [6.07, 6.45) is 4.10. The lowest BCUT2D eigenvalue weighted by Crippen LogP contribution is -2.32. The molecule has 3 nitrogen and oxygen atoms in total. The minimum Gasteiger partial charge on any atom is -0.392 e. The number of nitrogens with zero attached hydrogens (tertiary/aromatic N) is 1. The third-order valence-electron chi connectivity index (χ3n) is 4.81. The van der Waals surface area contributed by atoms with E-state index < -0.39 is 0 Å². The van der Waals surface area contributed by atoms with E-state index in [-0.39, 0.29) is 5.78 Å². The molecule has 0 saturated heterocycles. The molecule has 0 radical (unpaired) electrons. The SMILES string of the molecule is Cc1cc(C)c[n+](-c2c(SCc3ccccc3)sc(C(=O)c3ccc(Cl)cc3)c2N)c1. The van der Waals surface area contributed by atoms with Gasteiger partial charge in [0.1, 0.15) is 14.8 Å². The lowest BCUT2D eigenvalue weighted by Gasteiger charge is -2.03. The molecule has 6 heteroatoms. The van der Waals surface area contributed by atoms with E-state index in [1.54, 1.807) is 36.0 Å². The van der Waals surface area contributed by atoms with Gasteiger partial charge in [-0.05, 0) is 49.7 Å². The van der Waals surface area contributed by atoms with Crippen molar-refractivity contribution in [3.05, 3.63) is 105 Å². The molecule has 31 heavy (non-hydrogen) atoms. The number of halogens is 1. The van der Waals surface area contributed by atoms with E-state index in [9.17, 15) is 4.79 Å². The van der Waals surface area contributed by atoms with Gasteiger partial charge in [0.2, 0.25) is 5.78 Å². The van der Waals surface area contributed by atoms with Crippen LogP contribution in [0.5, 0.6) is 0 Å². The molecule has 0 amide bonds. The second-order valence-corrected chi connectivity index (χ2v) is 10.1. The van der Waals surface area contributed by atoms with E-state index in [0.717, 1.165) is 26.8 Å². The van der Waals surface area contributed by atoms with Gasteiger partial charge >= 0.3 is 0 Å². The molecule has 0 unspecified atom stereocenters. The summed E-state index contributed by atoms with van der Waals surface area (Å²) < 4.78 is 3.07. The maximum atomic E-state index is 13.3. The Balaban J connectivity index is 1.78. The number of aromatic nitrogens is 1. The van der Waals surface area contributed by atoms with Crippen LogP contribution in [0.25, 0.3) is 5.69 Å². The molecule has 0 fully saturated rings. The fourth-order valence-corrected chi connectivity index (χ4v) is 5.96. The van der Waals surface area contributed by atoms with Crippen LogP contribution in [0.2, 0.25) is 5.02 Å². The molecule has 2 aromatic heterocycles. The Hall–Kier alpha value is -2.60. The fourth-order valence-electron chi connectivity index (χ4n) is 3.42. The summed E-state index contributed by atoms with van der Waals surface area (Å²) in [5, 5.41) is 0.598. The molecule has 0 saturated carbocycles. The van der Waals surface area contributed by atoms with Crippen LogP contribution in [0.1, 0.15) is 31.9 Å². The summed E-state index contributed by atoms with van der Waals surface area (Å²) in [6.45, 7) is 4.12. The van der Waals surface area contributed by atoms with Crippen LogP contribution in [0.4, 0.5) is 5.69 Å². The number of carbonyl (C=O) groups is 1. The molecule has 0 atom stereocenters. The zero-order valence-electron chi connectivity index (χ0n) is 17.3. The standard InChI is InChI=1S/C25H21ClN2OS2/c1-16-12-17(2)14-28(13-16)22-21(27)24(23(29)19-8-10-20(26)11-9-19)31-25(22)30-15-18-6-4-3-5-7-18/h3-14H,15H2,1-2H3,(H-,27,29)/p+1. The minimum absolute atomic E-state index is 0.0862. The average molecular weight is 466 g/mol. The van der Waals surface area contributed by atoms with E-state index in [2.05, 4.69) is 44.4 Å². The first-order valence-corrected chi connectivity index (χ1v) is 12.0. The predicted octanol–water partition coefficient (Wildman–Crippen LogP) is 6.40. The summed E-state index contributed by atoms with van der Waals surface area (Å²) in [4.78, 5) is 13.8. The van der Waals surface area contributed by atoms with Crippen LogP contribution in [-0.4, -0.2) is 5.78 Å². The minimum atomic E-state index is -0.0862. The molecular weight excluding hydrogens is 444 g/mol. The van der Waals surface area contributed by atoms with E-state index in [1.807, 2.05) is 22.8 Å². The Morgan fingerprint density at radius 3 is 2.32 bits per heavy atom. The second kappa shape index (κ2) is 9.27. The molecule has 0 aliphatic carbocycles. The number of aryl methyl sites for hydroxylation is 2. The number of benzene rings is 2. The van der Waals surface area contributed by atoms with Gasteiger partial charge in [0, 0.05) is 27.5 Å². The van der Waals surface area contributed by atoms with E-state index in [1.165, 1.54) is 16.9 Å². The maximum absolute atomic E-state index is 13.3. The lowest BCUT2D eigenvalue weighted by atomic mass is 10.1. The number of pyridine rings is 1. The van der Waals surface area contributed by atoms with Crippen molar-refractivity contribution in [1.82, 2.24) is 0 Å². The number of anilines is 1. The summed E-state index contributed by atoms with van der Waals surface area (Å²) in [7, 11) is 0. The highest BCUT2D eigenvalue weighted by Crippen LogP contribution is 2.41. The van der Waals surface area contributed by atoms with Gasteiger partial charge in [0.25, 0.3) is 5.69 Å². The van der Waals surface area contributed by atoms with Crippen molar-refractivity contribution in [1.29, 1.82) is 0 Å². The molecule has 2 heterocycles. The van der Waals surface area contributed by atoms with Gasteiger partial charge in [0.15, 0.2) is 12.4 Å². The number of carbonyl (C=O) groups excluding carboxylic acids is 1. The van der Waals surface area contributed by atoms with Crippen LogP contribution in [-0.2, 0) is 5.75 Å². The highest BCUT2D eigenvalue weighted by molar-refractivity contribution is 8.00. The molecule has 0 spiro atoms. The third kappa shape index (κ3) is 4.85. The summed E-state index contributed by atoms with van der Waals surface area (Å²) in [5.74, 6) is 0.713. The maximum Gasteiger partial charge on any atom is 0.259 e. The Labute approximate surface area is 195 Å². The zero-order valence-corrected chi connectivity index (χ0v) is 19.7. The Morgan fingerprint density at radius 2 is 1.68 bits per heavy atom. The van der Waals surface area contributed by atoms with Crippen LogP contribution >= 0.6 is 34.7 Å². The molecule has 2 N–H and O–H groups in total.